The molecule has 1 fully saturated rings. The Balaban J connectivity index is 1.66. The first-order valence-electron chi connectivity index (χ1n) is 6.72. The van der Waals surface area contributed by atoms with E-state index in [2.05, 4.69) is 15.5 Å². The lowest BCUT2D eigenvalue weighted by molar-refractivity contribution is 0.0951. The topological polar surface area (TPSA) is 44.4 Å². The molecular formula is C14H20FN3O. The standard InChI is InChI=1S/C14H20FN3O/c15-13-4-1-3-12(11-13)14(19)17-5-2-8-18-9-6-16-7-10-18/h1,3-4,11,16H,2,5-10H2,(H,17,19). The molecular weight excluding hydrogens is 245 g/mol. The molecule has 0 radical (unpaired) electrons. The fraction of sp³-hybridized carbons (Fsp3) is 0.500. The summed E-state index contributed by atoms with van der Waals surface area (Å²) in [6, 6.07) is 5.76. The van der Waals surface area contributed by atoms with Crippen molar-refractivity contribution in [2.24, 2.45) is 0 Å². The fourth-order valence-corrected chi connectivity index (χ4v) is 2.17. The van der Waals surface area contributed by atoms with Crippen LogP contribution in [0.5, 0.6) is 0 Å². The van der Waals surface area contributed by atoms with E-state index in [0.717, 1.165) is 39.1 Å². The number of carbonyl (C=O) groups excluding carboxylic acids is 1. The van der Waals surface area contributed by atoms with Gasteiger partial charge in [-0.1, -0.05) is 6.07 Å². The number of nitrogens with one attached hydrogen (secondary N) is 2. The minimum absolute atomic E-state index is 0.209. The van der Waals surface area contributed by atoms with Gasteiger partial charge in [0.05, 0.1) is 0 Å². The number of amides is 1. The smallest absolute Gasteiger partial charge is 0.251 e. The number of carbonyl (C=O) groups is 1. The molecule has 1 aliphatic rings. The van der Waals surface area contributed by atoms with E-state index in [-0.39, 0.29) is 11.7 Å². The fourth-order valence-electron chi connectivity index (χ4n) is 2.17. The average molecular weight is 265 g/mol. The summed E-state index contributed by atoms with van der Waals surface area (Å²) < 4.78 is 13.0. The Bertz CT molecular complexity index is 419. The second-order valence-electron chi connectivity index (χ2n) is 4.71. The van der Waals surface area contributed by atoms with E-state index in [0.29, 0.717) is 12.1 Å². The molecule has 1 saturated heterocycles. The summed E-state index contributed by atoms with van der Waals surface area (Å²) in [6.07, 6.45) is 0.918. The molecule has 0 spiro atoms. The Morgan fingerprint density at radius 3 is 2.89 bits per heavy atom. The average Bonchev–Trinajstić information content (AvgIpc) is 2.44. The molecule has 0 unspecified atom stereocenters. The molecule has 0 aromatic heterocycles. The van der Waals surface area contributed by atoms with Crippen molar-refractivity contribution in [3.63, 3.8) is 0 Å². The molecule has 1 heterocycles. The number of hydrogen-bond donors (Lipinski definition) is 2. The van der Waals surface area contributed by atoms with Crippen LogP contribution in [-0.2, 0) is 0 Å². The maximum Gasteiger partial charge on any atom is 0.251 e. The highest BCUT2D eigenvalue weighted by Gasteiger charge is 2.09. The summed E-state index contributed by atoms with van der Waals surface area (Å²) in [5.41, 5.74) is 0.377. The van der Waals surface area contributed by atoms with Crippen molar-refractivity contribution < 1.29 is 9.18 Å². The molecule has 1 amide bonds. The van der Waals surface area contributed by atoms with Crippen molar-refractivity contribution in [3.05, 3.63) is 35.6 Å². The maximum atomic E-state index is 13.0. The summed E-state index contributed by atoms with van der Waals surface area (Å²) in [4.78, 5) is 14.1. The number of piperazine rings is 1. The molecule has 1 aliphatic heterocycles. The lowest BCUT2D eigenvalue weighted by atomic mass is 10.2. The summed E-state index contributed by atoms with van der Waals surface area (Å²) in [5.74, 6) is -0.590. The Hall–Kier alpha value is -1.46. The predicted octanol–water partition coefficient (Wildman–Crippen LogP) is 0.851. The minimum atomic E-state index is -0.381. The number of hydrogen-bond acceptors (Lipinski definition) is 3. The number of halogens is 1. The Kier molecular flexibility index (Phi) is 5.30. The van der Waals surface area contributed by atoms with Gasteiger partial charge in [-0.3, -0.25) is 4.79 Å². The zero-order chi connectivity index (χ0) is 13.5. The molecule has 19 heavy (non-hydrogen) atoms. The molecule has 0 atom stereocenters. The van der Waals surface area contributed by atoms with Gasteiger partial charge in [-0.15, -0.1) is 0 Å². The predicted molar refractivity (Wildman–Crippen MR) is 72.7 cm³/mol. The van der Waals surface area contributed by atoms with Crippen LogP contribution in [0.2, 0.25) is 0 Å². The highest BCUT2D eigenvalue weighted by Crippen LogP contribution is 2.03. The molecule has 104 valence electrons. The Morgan fingerprint density at radius 1 is 1.37 bits per heavy atom. The van der Waals surface area contributed by atoms with Crippen LogP contribution in [0, 0.1) is 5.82 Å². The number of rotatable bonds is 5. The quantitative estimate of drug-likeness (QED) is 0.776. The van der Waals surface area contributed by atoms with Gasteiger partial charge in [-0.05, 0) is 31.2 Å². The molecule has 0 saturated carbocycles. The summed E-state index contributed by atoms with van der Waals surface area (Å²) in [7, 11) is 0. The van der Waals surface area contributed by atoms with Crippen LogP contribution in [0.15, 0.2) is 24.3 Å². The monoisotopic (exact) mass is 265 g/mol. The first-order chi connectivity index (χ1) is 9.25. The molecule has 2 rings (SSSR count). The van der Waals surface area contributed by atoms with Crippen molar-refractivity contribution in [2.75, 3.05) is 39.3 Å². The first kappa shape index (κ1) is 14.0. The summed E-state index contributed by atoms with van der Waals surface area (Å²) in [6.45, 7) is 5.82. The number of benzene rings is 1. The van der Waals surface area contributed by atoms with E-state index < -0.39 is 0 Å². The highest BCUT2D eigenvalue weighted by molar-refractivity contribution is 5.94. The van der Waals surface area contributed by atoms with Crippen LogP contribution in [0.25, 0.3) is 0 Å². The largest absolute Gasteiger partial charge is 0.352 e. The van der Waals surface area contributed by atoms with E-state index in [9.17, 15) is 9.18 Å². The number of nitrogens with zero attached hydrogens (tertiary/aromatic N) is 1. The third kappa shape index (κ3) is 4.61. The second-order valence-corrected chi connectivity index (χ2v) is 4.71. The Labute approximate surface area is 113 Å². The van der Waals surface area contributed by atoms with Crippen molar-refractivity contribution >= 4 is 5.91 Å². The highest BCUT2D eigenvalue weighted by atomic mass is 19.1. The van der Waals surface area contributed by atoms with E-state index >= 15 is 0 Å². The zero-order valence-corrected chi connectivity index (χ0v) is 11.0. The molecule has 1 aromatic rings. The summed E-state index contributed by atoms with van der Waals surface area (Å²) >= 11 is 0. The maximum absolute atomic E-state index is 13.0. The molecule has 5 heteroatoms. The summed E-state index contributed by atoms with van der Waals surface area (Å²) in [5, 5.41) is 6.12. The second kappa shape index (κ2) is 7.21. The molecule has 2 N–H and O–H groups in total. The van der Waals surface area contributed by atoms with E-state index in [4.69, 9.17) is 0 Å². The minimum Gasteiger partial charge on any atom is -0.352 e. The van der Waals surface area contributed by atoms with Gasteiger partial charge in [0.1, 0.15) is 5.82 Å². The first-order valence-corrected chi connectivity index (χ1v) is 6.72. The lowest BCUT2D eigenvalue weighted by Gasteiger charge is -2.27. The van der Waals surface area contributed by atoms with E-state index in [1.807, 2.05) is 0 Å². The van der Waals surface area contributed by atoms with Crippen molar-refractivity contribution in [2.45, 2.75) is 6.42 Å². The molecule has 0 bridgehead atoms. The zero-order valence-electron chi connectivity index (χ0n) is 11.0. The van der Waals surface area contributed by atoms with Gasteiger partial charge in [-0.2, -0.15) is 0 Å². The molecule has 0 aliphatic carbocycles. The van der Waals surface area contributed by atoms with Crippen LogP contribution < -0.4 is 10.6 Å². The van der Waals surface area contributed by atoms with Crippen LogP contribution in [0.4, 0.5) is 4.39 Å². The van der Waals surface area contributed by atoms with Gasteiger partial charge in [0.15, 0.2) is 0 Å². The molecule has 1 aromatic carbocycles. The van der Waals surface area contributed by atoms with E-state index in [1.54, 1.807) is 12.1 Å². The van der Waals surface area contributed by atoms with Gasteiger partial charge < -0.3 is 15.5 Å². The van der Waals surface area contributed by atoms with Gasteiger partial charge in [0.2, 0.25) is 0 Å². The molecule has 4 nitrogen and oxygen atoms in total. The van der Waals surface area contributed by atoms with Crippen molar-refractivity contribution in [1.82, 2.24) is 15.5 Å². The van der Waals surface area contributed by atoms with Gasteiger partial charge >= 0.3 is 0 Å². The van der Waals surface area contributed by atoms with Crippen LogP contribution >= 0.6 is 0 Å². The van der Waals surface area contributed by atoms with Crippen molar-refractivity contribution in [1.29, 1.82) is 0 Å². The van der Waals surface area contributed by atoms with Crippen molar-refractivity contribution in [3.8, 4) is 0 Å². The van der Waals surface area contributed by atoms with Crippen LogP contribution in [0.1, 0.15) is 16.8 Å². The SMILES string of the molecule is O=C(NCCCN1CCNCC1)c1cccc(F)c1. The van der Waals surface area contributed by atoms with Gasteiger partial charge in [-0.25, -0.2) is 4.39 Å². The normalized spacial score (nSPS) is 16.3. The van der Waals surface area contributed by atoms with Gasteiger partial charge in [0, 0.05) is 38.3 Å². The van der Waals surface area contributed by atoms with Gasteiger partial charge in [0.25, 0.3) is 5.91 Å². The third-order valence-electron chi connectivity index (χ3n) is 3.23. The van der Waals surface area contributed by atoms with E-state index in [1.165, 1.54) is 12.1 Å². The van der Waals surface area contributed by atoms with Crippen LogP contribution in [0.3, 0.4) is 0 Å². The van der Waals surface area contributed by atoms with Crippen LogP contribution in [-0.4, -0.2) is 50.1 Å². The lowest BCUT2D eigenvalue weighted by Crippen LogP contribution is -2.44. The Morgan fingerprint density at radius 2 is 2.16 bits per heavy atom. The third-order valence-corrected chi connectivity index (χ3v) is 3.23.